The molecule has 16 heavy (non-hydrogen) atoms. The number of hydrogen-bond acceptors (Lipinski definition) is 3. The summed E-state index contributed by atoms with van der Waals surface area (Å²) in [4.78, 5) is 0. The van der Waals surface area contributed by atoms with E-state index in [0.29, 0.717) is 16.5 Å². The van der Waals surface area contributed by atoms with Gasteiger partial charge < -0.3 is 14.6 Å². The highest BCUT2D eigenvalue weighted by Crippen LogP contribution is 2.43. The molecule has 88 valence electrons. The van der Waals surface area contributed by atoms with Crippen molar-refractivity contribution in [3.8, 4) is 11.5 Å². The molecule has 0 saturated carbocycles. The van der Waals surface area contributed by atoms with Crippen molar-refractivity contribution in [3.05, 3.63) is 22.7 Å². The predicted octanol–water partition coefficient (Wildman–Crippen LogP) is 3.15. The van der Waals surface area contributed by atoms with Gasteiger partial charge in [-0.25, -0.2) is 0 Å². The minimum atomic E-state index is -0.584. The number of fused-ring (bicyclic) bond motifs is 1. The maximum absolute atomic E-state index is 10.2. The third-order valence-electron chi connectivity index (χ3n) is 2.59. The summed E-state index contributed by atoms with van der Waals surface area (Å²) in [7, 11) is 0. The Kier molecular flexibility index (Phi) is 2.76. The Labute approximate surface area is 99.9 Å². The number of hydrogen-bond donors (Lipinski definition) is 1. The molecule has 1 aromatic rings. The van der Waals surface area contributed by atoms with Crippen LogP contribution in [0.4, 0.5) is 0 Å². The molecule has 0 bridgehead atoms. The van der Waals surface area contributed by atoms with Crippen LogP contribution in [0.2, 0.25) is 5.02 Å². The molecule has 0 radical (unpaired) electrons. The summed E-state index contributed by atoms with van der Waals surface area (Å²) in [5.41, 5.74) is 0.513. The molecule has 1 atom stereocenters. The summed E-state index contributed by atoms with van der Waals surface area (Å²) in [5.74, 6) is 1.16. The molecule has 2 rings (SSSR count). The summed E-state index contributed by atoms with van der Waals surface area (Å²) < 4.78 is 10.5. The highest BCUT2D eigenvalue weighted by molar-refractivity contribution is 6.32. The highest BCUT2D eigenvalue weighted by atomic mass is 35.5. The Balaban J connectivity index is 2.41. The van der Waals surface area contributed by atoms with Crippen molar-refractivity contribution in [2.75, 3.05) is 6.79 Å². The minimum Gasteiger partial charge on any atom is -0.454 e. The van der Waals surface area contributed by atoms with E-state index >= 15 is 0 Å². The summed E-state index contributed by atoms with van der Waals surface area (Å²) >= 11 is 6.05. The summed E-state index contributed by atoms with van der Waals surface area (Å²) in [6.07, 6.45) is -0.584. The second-order valence-corrected chi connectivity index (χ2v) is 5.41. The van der Waals surface area contributed by atoms with Crippen molar-refractivity contribution >= 4 is 11.6 Å². The maximum atomic E-state index is 10.2. The first-order chi connectivity index (χ1) is 7.39. The number of benzene rings is 1. The van der Waals surface area contributed by atoms with Crippen molar-refractivity contribution in [2.24, 2.45) is 5.41 Å². The molecular weight excluding hydrogens is 228 g/mol. The molecule has 0 saturated heterocycles. The number of rotatable bonds is 1. The van der Waals surface area contributed by atoms with Crippen molar-refractivity contribution < 1.29 is 14.6 Å². The van der Waals surface area contributed by atoms with Crippen molar-refractivity contribution in [1.29, 1.82) is 0 Å². The van der Waals surface area contributed by atoms with Gasteiger partial charge in [0.25, 0.3) is 0 Å². The second-order valence-electron chi connectivity index (χ2n) is 5.01. The molecule has 3 nitrogen and oxygen atoms in total. The molecule has 1 unspecified atom stereocenters. The average molecular weight is 243 g/mol. The third-order valence-corrected chi connectivity index (χ3v) is 2.87. The molecule has 1 aliphatic rings. The zero-order valence-electron chi connectivity index (χ0n) is 9.58. The van der Waals surface area contributed by atoms with E-state index in [-0.39, 0.29) is 12.2 Å². The van der Waals surface area contributed by atoms with Crippen LogP contribution in [0.15, 0.2) is 12.1 Å². The molecule has 1 aliphatic heterocycles. The zero-order valence-corrected chi connectivity index (χ0v) is 10.3. The Hall–Kier alpha value is -0.930. The number of aliphatic hydroxyl groups excluding tert-OH is 1. The van der Waals surface area contributed by atoms with Gasteiger partial charge in [0.05, 0.1) is 11.1 Å². The van der Waals surface area contributed by atoms with Crippen LogP contribution in [0.1, 0.15) is 32.4 Å². The van der Waals surface area contributed by atoms with Gasteiger partial charge in [-0.3, -0.25) is 0 Å². The van der Waals surface area contributed by atoms with Crippen LogP contribution < -0.4 is 9.47 Å². The monoisotopic (exact) mass is 242 g/mol. The topological polar surface area (TPSA) is 38.7 Å². The van der Waals surface area contributed by atoms with Gasteiger partial charge in [0, 0.05) is 0 Å². The summed E-state index contributed by atoms with van der Waals surface area (Å²) in [6.45, 7) is 6.09. The lowest BCUT2D eigenvalue weighted by Gasteiger charge is -2.26. The van der Waals surface area contributed by atoms with Crippen LogP contribution in [0.25, 0.3) is 0 Å². The summed E-state index contributed by atoms with van der Waals surface area (Å²) in [6, 6.07) is 3.51. The van der Waals surface area contributed by atoms with E-state index in [0.717, 1.165) is 5.56 Å². The van der Waals surface area contributed by atoms with Crippen molar-refractivity contribution in [1.82, 2.24) is 0 Å². The fourth-order valence-corrected chi connectivity index (χ4v) is 1.92. The zero-order chi connectivity index (χ0) is 11.9. The Morgan fingerprint density at radius 2 is 2.00 bits per heavy atom. The molecule has 0 aromatic heterocycles. The predicted molar refractivity (Wildman–Crippen MR) is 62.0 cm³/mol. The van der Waals surface area contributed by atoms with Crippen LogP contribution in [-0.2, 0) is 0 Å². The van der Waals surface area contributed by atoms with Gasteiger partial charge >= 0.3 is 0 Å². The van der Waals surface area contributed by atoms with Crippen LogP contribution in [-0.4, -0.2) is 11.9 Å². The second kappa shape index (κ2) is 3.82. The number of halogens is 1. The molecule has 4 heteroatoms. The average Bonchev–Trinajstić information content (AvgIpc) is 2.63. The van der Waals surface area contributed by atoms with Gasteiger partial charge in [0.2, 0.25) is 6.79 Å². The standard InChI is InChI=1S/C12H15ClO3/c1-12(2,3)11(14)7-4-8(13)10-9(5-7)15-6-16-10/h4-5,11,14H,6H2,1-3H3. The van der Waals surface area contributed by atoms with Gasteiger partial charge in [-0.05, 0) is 23.1 Å². The van der Waals surface area contributed by atoms with E-state index in [9.17, 15) is 5.11 Å². The summed E-state index contributed by atoms with van der Waals surface area (Å²) in [5, 5.41) is 10.6. The molecule has 0 spiro atoms. The Bertz CT molecular complexity index is 409. The normalized spacial score (nSPS) is 16.3. The lowest BCUT2D eigenvalue weighted by atomic mass is 9.85. The Morgan fingerprint density at radius 1 is 1.31 bits per heavy atom. The van der Waals surface area contributed by atoms with Gasteiger partial charge in [-0.15, -0.1) is 0 Å². The molecule has 0 aliphatic carbocycles. The Morgan fingerprint density at radius 3 is 2.62 bits per heavy atom. The van der Waals surface area contributed by atoms with E-state index in [1.807, 2.05) is 20.8 Å². The first kappa shape index (κ1) is 11.6. The van der Waals surface area contributed by atoms with Crippen molar-refractivity contribution in [3.63, 3.8) is 0 Å². The molecule has 1 N–H and O–H groups in total. The quantitative estimate of drug-likeness (QED) is 0.822. The lowest BCUT2D eigenvalue weighted by Crippen LogP contribution is -2.17. The molecular formula is C12H15ClO3. The van der Waals surface area contributed by atoms with E-state index < -0.39 is 6.10 Å². The first-order valence-corrected chi connectivity index (χ1v) is 5.54. The van der Waals surface area contributed by atoms with Crippen LogP contribution in [0.5, 0.6) is 11.5 Å². The largest absolute Gasteiger partial charge is 0.454 e. The molecule has 1 heterocycles. The smallest absolute Gasteiger partial charge is 0.231 e. The van der Waals surface area contributed by atoms with Crippen LogP contribution in [0, 0.1) is 5.41 Å². The molecule has 0 amide bonds. The minimum absolute atomic E-state index is 0.185. The van der Waals surface area contributed by atoms with Crippen LogP contribution in [0.3, 0.4) is 0 Å². The van der Waals surface area contributed by atoms with E-state index in [1.165, 1.54) is 0 Å². The molecule has 1 aromatic carbocycles. The van der Waals surface area contributed by atoms with E-state index in [1.54, 1.807) is 12.1 Å². The SMILES string of the molecule is CC(C)(C)C(O)c1cc(Cl)c2c(c1)OCO2. The number of aliphatic hydroxyl groups is 1. The maximum Gasteiger partial charge on any atom is 0.231 e. The van der Waals surface area contributed by atoms with Gasteiger partial charge in [-0.2, -0.15) is 0 Å². The van der Waals surface area contributed by atoms with E-state index in [2.05, 4.69) is 0 Å². The van der Waals surface area contributed by atoms with Crippen molar-refractivity contribution in [2.45, 2.75) is 26.9 Å². The molecule has 0 fully saturated rings. The van der Waals surface area contributed by atoms with Gasteiger partial charge in [-0.1, -0.05) is 32.4 Å². The van der Waals surface area contributed by atoms with E-state index in [4.69, 9.17) is 21.1 Å². The fraction of sp³-hybridized carbons (Fsp3) is 0.500. The number of ether oxygens (including phenoxy) is 2. The van der Waals surface area contributed by atoms with Gasteiger partial charge in [0.15, 0.2) is 11.5 Å². The van der Waals surface area contributed by atoms with Gasteiger partial charge in [0.1, 0.15) is 0 Å². The lowest BCUT2D eigenvalue weighted by molar-refractivity contribution is 0.0625. The van der Waals surface area contributed by atoms with Crippen LogP contribution >= 0.6 is 11.6 Å². The first-order valence-electron chi connectivity index (χ1n) is 5.16. The highest BCUT2D eigenvalue weighted by Gasteiger charge is 2.27. The third kappa shape index (κ3) is 1.97. The fourth-order valence-electron chi connectivity index (χ4n) is 1.65.